The summed E-state index contributed by atoms with van der Waals surface area (Å²) in [6, 6.07) is 6.07. The van der Waals surface area contributed by atoms with Crippen LogP contribution < -0.4 is 10.6 Å². The average Bonchev–Trinajstić information content (AvgIpc) is 2.86. The second-order valence-corrected chi connectivity index (χ2v) is 5.20. The number of carbonyl (C=O) groups is 1. The predicted octanol–water partition coefficient (Wildman–Crippen LogP) is 3.54. The van der Waals surface area contributed by atoms with Crippen LogP contribution in [0.25, 0.3) is 0 Å². The van der Waals surface area contributed by atoms with Crippen molar-refractivity contribution in [2.24, 2.45) is 0 Å². The number of benzene rings is 1. The number of carbonyl (C=O) groups excluding carboxylic acids is 1. The van der Waals surface area contributed by atoms with E-state index in [1.54, 1.807) is 0 Å². The minimum atomic E-state index is 0. The largest absolute Gasteiger partial charge is 0.326 e. The summed E-state index contributed by atoms with van der Waals surface area (Å²) >= 11 is 6.02. The molecule has 2 N–H and O–H groups in total. The first kappa shape index (κ1) is 16.3. The summed E-state index contributed by atoms with van der Waals surface area (Å²) < 4.78 is 0. The average molecular weight is 303 g/mol. The highest BCUT2D eigenvalue weighted by Crippen LogP contribution is 2.23. The molecule has 1 heterocycles. The van der Waals surface area contributed by atoms with E-state index in [0.29, 0.717) is 17.5 Å². The lowest BCUT2D eigenvalue weighted by Gasteiger charge is -2.12. The lowest BCUT2D eigenvalue weighted by atomic mass is 10.1. The van der Waals surface area contributed by atoms with Crippen molar-refractivity contribution in [1.82, 2.24) is 5.32 Å². The van der Waals surface area contributed by atoms with Crippen LogP contribution in [0.1, 0.15) is 31.2 Å². The third kappa shape index (κ3) is 4.68. The fourth-order valence-corrected chi connectivity index (χ4v) is 2.44. The smallest absolute Gasteiger partial charge is 0.224 e. The Morgan fingerprint density at radius 2 is 2.32 bits per heavy atom. The standard InChI is InChI=1S/C14H19ClN2O.ClH/c1-10-12(15)5-2-6-13(10)17-14(18)8-7-11-4-3-9-16-11;/h2,5-6,11,16H,3-4,7-9H2,1H3,(H,17,18);1H. The number of nitrogens with one attached hydrogen (secondary N) is 2. The predicted molar refractivity (Wildman–Crippen MR) is 82.3 cm³/mol. The number of amides is 1. The lowest BCUT2D eigenvalue weighted by molar-refractivity contribution is -0.116. The molecule has 1 atom stereocenters. The maximum atomic E-state index is 11.9. The van der Waals surface area contributed by atoms with Crippen LogP contribution >= 0.6 is 24.0 Å². The number of rotatable bonds is 4. The third-order valence-corrected chi connectivity index (χ3v) is 3.83. The SMILES string of the molecule is Cc1c(Cl)cccc1NC(=O)CCC1CCCN1.Cl. The van der Waals surface area contributed by atoms with Crippen molar-refractivity contribution in [2.75, 3.05) is 11.9 Å². The molecule has 0 bridgehead atoms. The summed E-state index contributed by atoms with van der Waals surface area (Å²) in [6.45, 7) is 3.00. The van der Waals surface area contributed by atoms with Crippen LogP contribution in [0.4, 0.5) is 5.69 Å². The first-order valence-corrected chi connectivity index (χ1v) is 6.83. The molecule has 1 unspecified atom stereocenters. The molecule has 0 saturated carbocycles. The second kappa shape index (κ2) is 7.73. The molecule has 5 heteroatoms. The molecule has 1 aromatic carbocycles. The van der Waals surface area contributed by atoms with Crippen molar-refractivity contribution in [3.63, 3.8) is 0 Å². The Balaban J connectivity index is 0.00000180. The number of hydrogen-bond acceptors (Lipinski definition) is 2. The highest BCUT2D eigenvalue weighted by Gasteiger charge is 2.15. The maximum absolute atomic E-state index is 11.9. The van der Waals surface area contributed by atoms with Gasteiger partial charge in [0, 0.05) is 23.2 Å². The van der Waals surface area contributed by atoms with Gasteiger partial charge >= 0.3 is 0 Å². The van der Waals surface area contributed by atoms with Gasteiger partial charge in [0.05, 0.1) is 0 Å². The van der Waals surface area contributed by atoms with Crippen LogP contribution in [0.15, 0.2) is 18.2 Å². The summed E-state index contributed by atoms with van der Waals surface area (Å²) in [5, 5.41) is 7.00. The third-order valence-electron chi connectivity index (χ3n) is 3.42. The van der Waals surface area contributed by atoms with E-state index in [1.165, 1.54) is 12.8 Å². The van der Waals surface area contributed by atoms with Crippen molar-refractivity contribution >= 4 is 35.6 Å². The molecule has 3 nitrogen and oxygen atoms in total. The zero-order chi connectivity index (χ0) is 13.0. The Kier molecular flexibility index (Phi) is 6.63. The molecule has 19 heavy (non-hydrogen) atoms. The van der Waals surface area contributed by atoms with E-state index in [-0.39, 0.29) is 18.3 Å². The Bertz CT molecular complexity index is 431. The molecule has 0 aliphatic carbocycles. The summed E-state index contributed by atoms with van der Waals surface area (Å²) in [4.78, 5) is 11.9. The van der Waals surface area contributed by atoms with Crippen molar-refractivity contribution in [3.8, 4) is 0 Å². The summed E-state index contributed by atoms with van der Waals surface area (Å²) in [6.07, 6.45) is 3.87. The van der Waals surface area contributed by atoms with Crippen LogP contribution in [-0.4, -0.2) is 18.5 Å². The quantitative estimate of drug-likeness (QED) is 0.893. The van der Waals surface area contributed by atoms with Crippen LogP contribution in [-0.2, 0) is 4.79 Å². The minimum Gasteiger partial charge on any atom is -0.326 e. The molecule has 1 aromatic rings. The molecule has 1 amide bonds. The van der Waals surface area contributed by atoms with Gasteiger partial charge < -0.3 is 10.6 Å². The van der Waals surface area contributed by atoms with Crippen LogP contribution in [0.2, 0.25) is 5.02 Å². The lowest BCUT2D eigenvalue weighted by Crippen LogP contribution is -2.23. The fourth-order valence-electron chi connectivity index (χ4n) is 2.26. The summed E-state index contributed by atoms with van der Waals surface area (Å²) in [5.74, 6) is 0.0640. The number of anilines is 1. The Morgan fingerprint density at radius 1 is 1.53 bits per heavy atom. The van der Waals surface area contributed by atoms with Gasteiger partial charge in [-0.15, -0.1) is 12.4 Å². The Morgan fingerprint density at radius 3 is 3.00 bits per heavy atom. The molecule has 106 valence electrons. The highest BCUT2D eigenvalue weighted by molar-refractivity contribution is 6.31. The molecular weight excluding hydrogens is 283 g/mol. The van der Waals surface area contributed by atoms with E-state index < -0.39 is 0 Å². The molecule has 0 aromatic heterocycles. The summed E-state index contributed by atoms with van der Waals surface area (Å²) in [5.41, 5.74) is 1.73. The van der Waals surface area contributed by atoms with Crippen LogP contribution in [0, 0.1) is 6.92 Å². The van der Waals surface area contributed by atoms with Crippen LogP contribution in [0.3, 0.4) is 0 Å². The zero-order valence-corrected chi connectivity index (χ0v) is 12.6. The molecule has 0 spiro atoms. The molecule has 1 saturated heterocycles. The Hall–Kier alpha value is -0.770. The molecule has 2 rings (SSSR count). The topological polar surface area (TPSA) is 41.1 Å². The van der Waals surface area contributed by atoms with E-state index >= 15 is 0 Å². The van der Waals surface area contributed by atoms with Crippen molar-refractivity contribution < 1.29 is 4.79 Å². The van der Waals surface area contributed by atoms with E-state index in [9.17, 15) is 4.79 Å². The second-order valence-electron chi connectivity index (χ2n) is 4.79. The fraction of sp³-hybridized carbons (Fsp3) is 0.500. The van der Waals surface area contributed by atoms with Crippen molar-refractivity contribution in [1.29, 1.82) is 0 Å². The van der Waals surface area contributed by atoms with Gasteiger partial charge in [0.1, 0.15) is 0 Å². The van der Waals surface area contributed by atoms with E-state index in [4.69, 9.17) is 11.6 Å². The first-order chi connectivity index (χ1) is 8.66. The minimum absolute atomic E-state index is 0. The molecule has 1 fully saturated rings. The van der Waals surface area contributed by atoms with Crippen LogP contribution in [0.5, 0.6) is 0 Å². The van der Waals surface area contributed by atoms with Gasteiger partial charge in [-0.2, -0.15) is 0 Å². The maximum Gasteiger partial charge on any atom is 0.224 e. The molecule has 0 radical (unpaired) electrons. The van der Waals surface area contributed by atoms with E-state index in [0.717, 1.165) is 24.2 Å². The number of halogens is 2. The van der Waals surface area contributed by atoms with Gasteiger partial charge in [-0.05, 0) is 50.4 Å². The van der Waals surface area contributed by atoms with Gasteiger partial charge in [-0.3, -0.25) is 4.79 Å². The van der Waals surface area contributed by atoms with Gasteiger partial charge in [0.2, 0.25) is 5.91 Å². The van der Waals surface area contributed by atoms with Crippen molar-refractivity contribution in [3.05, 3.63) is 28.8 Å². The number of hydrogen-bond donors (Lipinski definition) is 2. The molecular formula is C14H20Cl2N2O. The monoisotopic (exact) mass is 302 g/mol. The summed E-state index contributed by atoms with van der Waals surface area (Å²) in [7, 11) is 0. The normalized spacial score (nSPS) is 17.9. The van der Waals surface area contributed by atoms with E-state index in [1.807, 2.05) is 25.1 Å². The van der Waals surface area contributed by atoms with Gasteiger partial charge in [-0.25, -0.2) is 0 Å². The van der Waals surface area contributed by atoms with Gasteiger partial charge in [0.25, 0.3) is 0 Å². The Labute approximate surface area is 125 Å². The van der Waals surface area contributed by atoms with Gasteiger partial charge in [-0.1, -0.05) is 17.7 Å². The van der Waals surface area contributed by atoms with E-state index in [2.05, 4.69) is 10.6 Å². The molecule has 1 aliphatic heterocycles. The zero-order valence-electron chi connectivity index (χ0n) is 11.0. The first-order valence-electron chi connectivity index (χ1n) is 6.45. The highest BCUT2D eigenvalue weighted by atomic mass is 35.5. The molecule has 1 aliphatic rings. The van der Waals surface area contributed by atoms with Gasteiger partial charge in [0.15, 0.2) is 0 Å². The van der Waals surface area contributed by atoms with Crippen molar-refractivity contribution in [2.45, 2.75) is 38.6 Å².